The Kier molecular flexibility index (Phi) is 7.35. The third-order valence-electron chi connectivity index (χ3n) is 6.20. The van der Waals surface area contributed by atoms with Gasteiger partial charge in [0.15, 0.2) is 0 Å². The van der Waals surface area contributed by atoms with Crippen LogP contribution in [-0.2, 0) is 25.7 Å². The van der Waals surface area contributed by atoms with Crippen LogP contribution in [0.3, 0.4) is 0 Å². The van der Waals surface area contributed by atoms with Crippen LogP contribution in [0.15, 0.2) is 93.9 Å². The number of halogens is 2. The molecule has 4 aromatic rings. The molecule has 4 aliphatic rings. The predicted molar refractivity (Wildman–Crippen MR) is 146 cm³/mol. The molecule has 0 aromatic heterocycles. The summed E-state index contributed by atoms with van der Waals surface area (Å²) in [5.41, 5.74) is 4.99. The van der Waals surface area contributed by atoms with Crippen LogP contribution in [0, 0.1) is 0 Å². The number of hydrogen-bond acceptors (Lipinski definition) is 4. The van der Waals surface area contributed by atoms with Gasteiger partial charge in [-0.3, -0.25) is 0 Å². The number of aryl methyl sites for hydroxylation is 4. The molecule has 0 atom stereocenters. The Balaban J connectivity index is 1.41. The van der Waals surface area contributed by atoms with Crippen LogP contribution < -0.4 is 9.47 Å². The van der Waals surface area contributed by atoms with Gasteiger partial charge in [0.1, 0.15) is 11.5 Å². The van der Waals surface area contributed by atoms with Crippen molar-refractivity contribution in [3.8, 4) is 11.5 Å². The normalized spacial score (nSPS) is 12.5. The number of carbonyl (C=O) groups excluding carboxylic acids is 2. The molecule has 0 saturated heterocycles. The highest BCUT2D eigenvalue weighted by Crippen LogP contribution is 2.25. The number of esters is 2. The molecule has 36 heavy (non-hydrogen) atoms. The number of benzene rings is 4. The average Bonchev–Trinajstić information content (AvgIpc) is 2.88. The van der Waals surface area contributed by atoms with Crippen LogP contribution >= 0.6 is 31.9 Å². The van der Waals surface area contributed by atoms with Gasteiger partial charge in [-0.15, -0.1) is 0 Å². The lowest BCUT2D eigenvalue weighted by Crippen LogP contribution is -2.15. The lowest BCUT2D eigenvalue weighted by molar-refractivity contribution is 0.0723. The van der Waals surface area contributed by atoms with Crippen LogP contribution in [0.2, 0.25) is 0 Å². The number of rotatable bonds is 4. The molecule has 0 amide bonds. The molecule has 0 saturated carbocycles. The maximum atomic E-state index is 13.1. The van der Waals surface area contributed by atoms with Gasteiger partial charge in [-0.2, -0.15) is 0 Å². The zero-order valence-corrected chi connectivity index (χ0v) is 22.5. The molecule has 0 fully saturated rings. The highest BCUT2D eigenvalue weighted by molar-refractivity contribution is 9.10. The molecule has 0 radical (unpaired) electrons. The van der Waals surface area contributed by atoms with Crippen molar-refractivity contribution in [3.05, 3.63) is 127 Å². The van der Waals surface area contributed by atoms with Crippen molar-refractivity contribution in [1.29, 1.82) is 0 Å². The van der Waals surface area contributed by atoms with Gasteiger partial charge in [-0.25, -0.2) is 9.59 Å². The first-order valence-electron chi connectivity index (χ1n) is 11.6. The maximum Gasteiger partial charge on any atom is 0.343 e. The summed E-state index contributed by atoms with van der Waals surface area (Å²) in [6.45, 7) is 0. The van der Waals surface area contributed by atoms with Crippen molar-refractivity contribution in [1.82, 2.24) is 0 Å². The Morgan fingerprint density at radius 3 is 1.31 bits per heavy atom. The van der Waals surface area contributed by atoms with E-state index in [-0.39, 0.29) is 11.9 Å². The molecular formula is C30H22Br2O4. The van der Waals surface area contributed by atoms with E-state index in [9.17, 15) is 9.59 Å². The fourth-order valence-electron chi connectivity index (χ4n) is 4.26. The van der Waals surface area contributed by atoms with Crippen molar-refractivity contribution in [3.63, 3.8) is 0 Å². The Labute approximate surface area is 226 Å². The van der Waals surface area contributed by atoms with Crippen LogP contribution in [0.4, 0.5) is 0 Å². The maximum absolute atomic E-state index is 13.1. The molecule has 180 valence electrons. The van der Waals surface area contributed by atoms with Gasteiger partial charge >= 0.3 is 11.9 Å². The van der Waals surface area contributed by atoms with Gasteiger partial charge in [0, 0.05) is 8.95 Å². The summed E-state index contributed by atoms with van der Waals surface area (Å²) in [6.07, 6.45) is 2.64. The summed E-state index contributed by atoms with van der Waals surface area (Å²) in [7, 11) is 0. The van der Waals surface area contributed by atoms with Crippen molar-refractivity contribution >= 4 is 43.8 Å². The van der Waals surface area contributed by atoms with E-state index in [4.69, 9.17) is 9.47 Å². The second kappa shape index (κ2) is 10.8. The second-order valence-corrected chi connectivity index (χ2v) is 10.5. The van der Waals surface area contributed by atoms with Crippen molar-refractivity contribution in [2.45, 2.75) is 25.7 Å². The third-order valence-corrected chi connectivity index (χ3v) is 7.26. The number of hydrogen-bond donors (Lipinski definition) is 0. The first-order chi connectivity index (χ1) is 17.4. The van der Waals surface area contributed by atoms with E-state index in [0.29, 0.717) is 35.5 Å². The van der Waals surface area contributed by atoms with Gasteiger partial charge in [-0.1, -0.05) is 56.1 Å². The molecule has 0 aliphatic heterocycles. The van der Waals surface area contributed by atoms with Gasteiger partial charge < -0.3 is 9.47 Å². The van der Waals surface area contributed by atoms with E-state index >= 15 is 0 Å². The topological polar surface area (TPSA) is 52.6 Å². The van der Waals surface area contributed by atoms with E-state index in [0.717, 1.165) is 44.0 Å². The molecular weight excluding hydrogens is 584 g/mol. The first-order valence-corrected chi connectivity index (χ1v) is 13.2. The number of ether oxygens (including phenoxy) is 2. The Bertz CT molecular complexity index is 1320. The van der Waals surface area contributed by atoms with E-state index in [1.165, 1.54) is 0 Å². The molecule has 0 N–H and O–H groups in total. The fraction of sp³-hybridized carbons (Fsp3) is 0.133. The van der Waals surface area contributed by atoms with E-state index in [1.807, 2.05) is 48.5 Å². The van der Waals surface area contributed by atoms with Gasteiger partial charge in [-0.05, 0) is 109 Å². The van der Waals surface area contributed by atoms with E-state index in [2.05, 4.69) is 44.0 Å². The molecule has 0 unspecified atom stereocenters. The van der Waals surface area contributed by atoms with E-state index < -0.39 is 0 Å². The molecule has 6 heteroatoms. The van der Waals surface area contributed by atoms with Gasteiger partial charge in [0.05, 0.1) is 11.1 Å². The second-order valence-electron chi connectivity index (χ2n) is 8.67. The predicted octanol–water partition coefficient (Wildman–Crippen LogP) is 7.53. The Morgan fingerprint density at radius 1 is 0.528 bits per heavy atom. The molecule has 0 spiro atoms. The van der Waals surface area contributed by atoms with Crippen LogP contribution in [0.1, 0.15) is 43.0 Å². The fourth-order valence-corrected chi connectivity index (χ4v) is 4.79. The standard InChI is InChI=1S/C30H22Br2O4/c31-23-9-13-25(14-10-23)35-29(33)27-17-19-1-2-20-4-6-22(8-7-21(27)5-3-19)28(18-20)30(34)36-26-15-11-24(32)12-16-26/h3-6,9-18H,1-2,7-8H2. The van der Waals surface area contributed by atoms with Crippen LogP contribution in [-0.4, -0.2) is 11.9 Å². The van der Waals surface area contributed by atoms with Crippen LogP contribution in [0.25, 0.3) is 0 Å². The lowest BCUT2D eigenvalue weighted by Gasteiger charge is -2.16. The largest absolute Gasteiger partial charge is 0.423 e. The smallest absolute Gasteiger partial charge is 0.343 e. The zero-order chi connectivity index (χ0) is 25.1. The molecule has 4 aromatic carbocycles. The Hall–Kier alpha value is -3.22. The van der Waals surface area contributed by atoms with Crippen molar-refractivity contribution in [2.24, 2.45) is 0 Å². The molecule has 4 aliphatic carbocycles. The minimum Gasteiger partial charge on any atom is -0.423 e. The highest BCUT2D eigenvalue weighted by atomic mass is 79.9. The molecule has 0 heterocycles. The summed E-state index contributed by atoms with van der Waals surface area (Å²) < 4.78 is 13.2. The quantitative estimate of drug-likeness (QED) is 0.178. The number of carbonyl (C=O) groups is 2. The minimum atomic E-state index is -0.380. The van der Waals surface area contributed by atoms with Crippen molar-refractivity contribution in [2.75, 3.05) is 0 Å². The zero-order valence-electron chi connectivity index (χ0n) is 19.3. The molecule has 4 bridgehead atoms. The lowest BCUT2D eigenvalue weighted by atomic mass is 9.91. The summed E-state index contributed by atoms with van der Waals surface area (Å²) in [5.74, 6) is 0.229. The van der Waals surface area contributed by atoms with Gasteiger partial charge in [0.2, 0.25) is 0 Å². The minimum absolute atomic E-state index is 0.380. The molecule has 4 nitrogen and oxygen atoms in total. The highest BCUT2D eigenvalue weighted by Gasteiger charge is 2.20. The Morgan fingerprint density at radius 2 is 0.917 bits per heavy atom. The summed E-state index contributed by atoms with van der Waals surface area (Å²) in [5, 5.41) is 0. The van der Waals surface area contributed by atoms with Crippen molar-refractivity contribution < 1.29 is 19.1 Å². The summed E-state index contributed by atoms with van der Waals surface area (Å²) in [6, 6.07) is 26.4. The monoisotopic (exact) mass is 604 g/mol. The first kappa shape index (κ1) is 24.5. The SMILES string of the molecule is O=C(Oc1ccc(Br)cc1)c1cc2ccc1CCc1ccc(cc1C(=O)Oc1ccc(Br)cc1)CC2. The van der Waals surface area contributed by atoms with Gasteiger partial charge in [0.25, 0.3) is 0 Å². The molecule has 8 rings (SSSR count). The third kappa shape index (κ3) is 5.77. The average molecular weight is 606 g/mol. The van der Waals surface area contributed by atoms with E-state index in [1.54, 1.807) is 24.3 Å². The van der Waals surface area contributed by atoms with Crippen LogP contribution in [0.5, 0.6) is 11.5 Å². The summed E-state index contributed by atoms with van der Waals surface area (Å²) >= 11 is 6.80. The summed E-state index contributed by atoms with van der Waals surface area (Å²) in [4.78, 5) is 26.3.